The molecule has 1 aliphatic heterocycles. The first-order chi connectivity index (χ1) is 10.6. The molecule has 0 aromatic heterocycles. The summed E-state index contributed by atoms with van der Waals surface area (Å²) in [7, 11) is 0. The third-order valence-corrected chi connectivity index (χ3v) is 3.63. The number of amides is 2. The number of unbranched alkanes of at least 4 members (excludes halogenated alkanes) is 1. The first-order valence-corrected chi connectivity index (χ1v) is 7.68. The fourth-order valence-electron chi connectivity index (χ4n) is 2.31. The van der Waals surface area contributed by atoms with Gasteiger partial charge in [-0.2, -0.15) is 0 Å². The van der Waals surface area contributed by atoms with Gasteiger partial charge in [-0.3, -0.25) is 9.59 Å². The topological polar surface area (TPSA) is 84.7 Å². The normalized spacial score (nSPS) is 14.7. The second-order valence-electron chi connectivity index (χ2n) is 5.36. The highest BCUT2D eigenvalue weighted by molar-refractivity contribution is 5.98. The molecule has 2 rings (SSSR count). The minimum Gasteiger partial charge on any atom is -0.397 e. The highest BCUT2D eigenvalue weighted by Crippen LogP contribution is 2.21. The van der Waals surface area contributed by atoms with Crippen molar-refractivity contribution in [2.75, 3.05) is 37.4 Å². The van der Waals surface area contributed by atoms with Crippen molar-refractivity contribution in [3.8, 4) is 0 Å². The first-order valence-electron chi connectivity index (χ1n) is 7.68. The Balaban J connectivity index is 2.02. The molecule has 1 aromatic carbocycles. The lowest BCUT2D eigenvalue weighted by molar-refractivity contribution is -0.116. The zero-order chi connectivity index (χ0) is 15.9. The number of carbonyl (C=O) groups excluding carboxylic acids is 2. The summed E-state index contributed by atoms with van der Waals surface area (Å²) in [6.07, 6.45) is 2.29. The summed E-state index contributed by atoms with van der Waals surface area (Å²) in [6, 6.07) is 5.00. The second-order valence-corrected chi connectivity index (χ2v) is 5.36. The van der Waals surface area contributed by atoms with Crippen molar-refractivity contribution < 1.29 is 14.3 Å². The van der Waals surface area contributed by atoms with Crippen LogP contribution in [0.4, 0.5) is 11.4 Å². The minimum atomic E-state index is -0.0566. The second kappa shape index (κ2) is 7.79. The van der Waals surface area contributed by atoms with E-state index in [2.05, 4.69) is 5.32 Å². The summed E-state index contributed by atoms with van der Waals surface area (Å²) in [5, 5.41) is 2.78. The summed E-state index contributed by atoms with van der Waals surface area (Å²) in [5.74, 6) is -0.111. The number of carbonyl (C=O) groups is 2. The molecule has 3 N–H and O–H groups in total. The molecule has 0 atom stereocenters. The van der Waals surface area contributed by atoms with E-state index in [9.17, 15) is 9.59 Å². The quantitative estimate of drug-likeness (QED) is 0.813. The van der Waals surface area contributed by atoms with E-state index < -0.39 is 0 Å². The molecule has 1 saturated heterocycles. The van der Waals surface area contributed by atoms with Gasteiger partial charge in [-0.05, 0) is 24.6 Å². The average Bonchev–Trinajstić information content (AvgIpc) is 2.55. The average molecular weight is 305 g/mol. The molecule has 22 heavy (non-hydrogen) atoms. The van der Waals surface area contributed by atoms with Gasteiger partial charge in [0.1, 0.15) is 0 Å². The van der Waals surface area contributed by atoms with E-state index in [4.69, 9.17) is 10.5 Å². The molecule has 1 aliphatic rings. The lowest BCUT2D eigenvalue weighted by atomic mass is 10.1. The number of nitrogen functional groups attached to an aromatic ring is 1. The summed E-state index contributed by atoms with van der Waals surface area (Å²) in [6.45, 7) is 4.34. The molecular weight excluding hydrogens is 282 g/mol. The van der Waals surface area contributed by atoms with Gasteiger partial charge in [0.25, 0.3) is 5.91 Å². The maximum absolute atomic E-state index is 12.4. The number of anilines is 2. The maximum Gasteiger partial charge on any atom is 0.254 e. The van der Waals surface area contributed by atoms with Crippen LogP contribution in [-0.4, -0.2) is 43.0 Å². The molecule has 0 aliphatic carbocycles. The Morgan fingerprint density at radius 2 is 2.05 bits per heavy atom. The highest BCUT2D eigenvalue weighted by atomic mass is 16.5. The van der Waals surface area contributed by atoms with E-state index in [1.54, 1.807) is 23.1 Å². The lowest BCUT2D eigenvalue weighted by Crippen LogP contribution is -2.40. The zero-order valence-corrected chi connectivity index (χ0v) is 12.9. The molecule has 6 heteroatoms. The van der Waals surface area contributed by atoms with E-state index in [1.165, 1.54) is 0 Å². The summed E-state index contributed by atoms with van der Waals surface area (Å²) in [4.78, 5) is 25.8. The number of nitrogens with one attached hydrogen (secondary N) is 1. The number of benzene rings is 1. The number of hydrogen-bond donors (Lipinski definition) is 2. The largest absolute Gasteiger partial charge is 0.397 e. The number of nitrogens with two attached hydrogens (primary N) is 1. The SMILES string of the molecule is CCCCC(=O)Nc1ccc(C(=O)N2CCOCC2)cc1N. The van der Waals surface area contributed by atoms with Gasteiger partial charge in [0.15, 0.2) is 0 Å². The smallest absolute Gasteiger partial charge is 0.254 e. The number of rotatable bonds is 5. The summed E-state index contributed by atoms with van der Waals surface area (Å²) >= 11 is 0. The van der Waals surface area contributed by atoms with Gasteiger partial charge < -0.3 is 20.7 Å². The molecule has 2 amide bonds. The van der Waals surface area contributed by atoms with E-state index in [-0.39, 0.29) is 11.8 Å². The number of hydrogen-bond acceptors (Lipinski definition) is 4. The Morgan fingerprint density at radius 3 is 2.68 bits per heavy atom. The standard InChI is InChI=1S/C16H23N3O3/c1-2-3-4-15(20)18-14-6-5-12(11-13(14)17)16(21)19-7-9-22-10-8-19/h5-6,11H,2-4,7-10,17H2,1H3,(H,18,20). The highest BCUT2D eigenvalue weighted by Gasteiger charge is 2.19. The van der Waals surface area contributed by atoms with Crippen LogP contribution < -0.4 is 11.1 Å². The van der Waals surface area contributed by atoms with E-state index in [1.807, 2.05) is 6.92 Å². The van der Waals surface area contributed by atoms with Crippen molar-refractivity contribution in [1.82, 2.24) is 4.90 Å². The van der Waals surface area contributed by atoms with Crippen molar-refractivity contribution in [3.05, 3.63) is 23.8 Å². The minimum absolute atomic E-state index is 0.0548. The predicted molar refractivity (Wildman–Crippen MR) is 85.7 cm³/mol. The monoisotopic (exact) mass is 305 g/mol. The van der Waals surface area contributed by atoms with Crippen LogP contribution in [0.15, 0.2) is 18.2 Å². The third-order valence-electron chi connectivity index (χ3n) is 3.63. The zero-order valence-electron chi connectivity index (χ0n) is 12.9. The molecule has 1 heterocycles. The number of nitrogens with zero attached hydrogens (tertiary/aromatic N) is 1. The Bertz CT molecular complexity index is 539. The summed E-state index contributed by atoms with van der Waals surface area (Å²) < 4.78 is 5.24. The first kappa shape index (κ1) is 16.3. The lowest BCUT2D eigenvalue weighted by Gasteiger charge is -2.27. The Labute approximate surface area is 130 Å². The Morgan fingerprint density at radius 1 is 1.32 bits per heavy atom. The van der Waals surface area contributed by atoms with Crippen LogP contribution >= 0.6 is 0 Å². The fourth-order valence-corrected chi connectivity index (χ4v) is 2.31. The maximum atomic E-state index is 12.4. The molecule has 120 valence electrons. The van der Waals surface area contributed by atoms with Gasteiger partial charge in [-0.15, -0.1) is 0 Å². The number of ether oxygens (including phenoxy) is 1. The van der Waals surface area contributed by atoms with Crippen molar-refractivity contribution in [2.45, 2.75) is 26.2 Å². The van der Waals surface area contributed by atoms with E-state index in [0.29, 0.717) is 49.7 Å². The third kappa shape index (κ3) is 4.21. The van der Waals surface area contributed by atoms with Crippen molar-refractivity contribution in [3.63, 3.8) is 0 Å². The van der Waals surface area contributed by atoms with Crippen LogP contribution in [0.1, 0.15) is 36.5 Å². The van der Waals surface area contributed by atoms with Gasteiger partial charge in [-0.25, -0.2) is 0 Å². The molecule has 0 unspecified atom stereocenters. The molecule has 0 spiro atoms. The van der Waals surface area contributed by atoms with Crippen molar-refractivity contribution in [2.24, 2.45) is 0 Å². The van der Waals surface area contributed by atoms with Gasteiger partial charge in [0.05, 0.1) is 24.6 Å². The number of morpholine rings is 1. The predicted octanol–water partition coefficient (Wildman–Crippen LogP) is 1.87. The van der Waals surface area contributed by atoms with Crippen LogP contribution in [0.2, 0.25) is 0 Å². The van der Waals surface area contributed by atoms with Crippen molar-refractivity contribution >= 4 is 23.2 Å². The molecule has 0 radical (unpaired) electrons. The van der Waals surface area contributed by atoms with Crippen LogP contribution in [0.5, 0.6) is 0 Å². The van der Waals surface area contributed by atoms with Crippen LogP contribution in [0, 0.1) is 0 Å². The molecular formula is C16H23N3O3. The Hall–Kier alpha value is -2.08. The molecule has 0 bridgehead atoms. The Kier molecular flexibility index (Phi) is 5.77. The molecule has 6 nitrogen and oxygen atoms in total. The van der Waals surface area contributed by atoms with Gasteiger partial charge in [-0.1, -0.05) is 13.3 Å². The van der Waals surface area contributed by atoms with Crippen LogP contribution in [0.25, 0.3) is 0 Å². The van der Waals surface area contributed by atoms with Crippen molar-refractivity contribution in [1.29, 1.82) is 0 Å². The fraction of sp³-hybridized carbons (Fsp3) is 0.500. The van der Waals surface area contributed by atoms with Gasteiger partial charge in [0.2, 0.25) is 5.91 Å². The van der Waals surface area contributed by atoms with E-state index in [0.717, 1.165) is 12.8 Å². The van der Waals surface area contributed by atoms with Crippen LogP contribution in [-0.2, 0) is 9.53 Å². The van der Waals surface area contributed by atoms with Gasteiger partial charge in [0, 0.05) is 25.1 Å². The molecule has 0 saturated carbocycles. The molecule has 1 aromatic rings. The summed E-state index contributed by atoms with van der Waals surface area (Å²) in [5.41, 5.74) is 7.45. The molecule has 1 fully saturated rings. The van der Waals surface area contributed by atoms with Crippen LogP contribution in [0.3, 0.4) is 0 Å². The van der Waals surface area contributed by atoms with Gasteiger partial charge >= 0.3 is 0 Å². The van der Waals surface area contributed by atoms with E-state index >= 15 is 0 Å².